The third-order valence-electron chi connectivity index (χ3n) is 3.04. The third-order valence-corrected chi connectivity index (χ3v) is 3.04. The third kappa shape index (κ3) is 3.28. The van der Waals surface area contributed by atoms with Gasteiger partial charge in [0.2, 0.25) is 0 Å². The Hall–Kier alpha value is -0.0800. The molecule has 2 N–H and O–H groups in total. The first kappa shape index (κ1) is 11.0. The Morgan fingerprint density at radius 2 is 2.00 bits per heavy atom. The number of nitrogens with two attached hydrogens (primary N) is 1. The minimum atomic E-state index is 0.598. The van der Waals surface area contributed by atoms with Crippen molar-refractivity contribution in [1.29, 1.82) is 0 Å². The van der Waals surface area contributed by atoms with Crippen LogP contribution in [0, 0.1) is 5.92 Å². The molecule has 2 nitrogen and oxygen atoms in total. The topological polar surface area (TPSA) is 29.3 Å². The average molecular weight is 184 g/mol. The molecule has 13 heavy (non-hydrogen) atoms. The summed E-state index contributed by atoms with van der Waals surface area (Å²) in [4.78, 5) is 2.58. The highest BCUT2D eigenvalue weighted by Crippen LogP contribution is 2.31. The molecule has 1 saturated carbocycles. The van der Waals surface area contributed by atoms with Crippen LogP contribution in [0.5, 0.6) is 0 Å². The quantitative estimate of drug-likeness (QED) is 0.682. The van der Waals surface area contributed by atoms with E-state index in [4.69, 9.17) is 5.73 Å². The molecule has 0 radical (unpaired) electrons. The Balaban J connectivity index is 2.42. The van der Waals surface area contributed by atoms with Gasteiger partial charge in [0.15, 0.2) is 0 Å². The molecule has 0 spiro atoms. The normalized spacial score (nSPS) is 19.8. The van der Waals surface area contributed by atoms with E-state index in [-0.39, 0.29) is 0 Å². The molecule has 0 aromatic heterocycles. The number of rotatable bonds is 6. The summed E-state index contributed by atoms with van der Waals surface area (Å²) in [5.41, 5.74) is 5.78. The maximum absolute atomic E-state index is 5.78. The summed E-state index contributed by atoms with van der Waals surface area (Å²) in [7, 11) is 0. The number of nitrogens with zero attached hydrogens (tertiary/aromatic N) is 1. The first-order valence-corrected chi connectivity index (χ1v) is 5.64. The van der Waals surface area contributed by atoms with E-state index >= 15 is 0 Å². The summed E-state index contributed by atoms with van der Waals surface area (Å²) in [6.45, 7) is 8.87. The van der Waals surface area contributed by atoms with Crippen molar-refractivity contribution in [3.05, 3.63) is 0 Å². The fraction of sp³-hybridized carbons (Fsp3) is 1.00. The molecule has 0 heterocycles. The van der Waals surface area contributed by atoms with Crippen molar-refractivity contribution in [3.63, 3.8) is 0 Å². The molecule has 1 atom stereocenters. The predicted molar refractivity (Wildman–Crippen MR) is 57.7 cm³/mol. The van der Waals surface area contributed by atoms with Crippen LogP contribution in [0.2, 0.25) is 0 Å². The van der Waals surface area contributed by atoms with Crippen LogP contribution in [0.4, 0.5) is 0 Å². The molecule has 0 aromatic rings. The van der Waals surface area contributed by atoms with E-state index in [1.807, 2.05) is 0 Å². The summed E-state index contributed by atoms with van der Waals surface area (Å²) >= 11 is 0. The lowest BCUT2D eigenvalue weighted by atomic mass is 10.1. The van der Waals surface area contributed by atoms with Crippen LogP contribution in [-0.2, 0) is 0 Å². The van der Waals surface area contributed by atoms with Crippen molar-refractivity contribution in [1.82, 2.24) is 4.90 Å². The molecule has 1 unspecified atom stereocenters. The Labute approximate surface area is 82.5 Å². The van der Waals surface area contributed by atoms with Crippen LogP contribution in [0.25, 0.3) is 0 Å². The summed E-state index contributed by atoms with van der Waals surface area (Å²) in [5.74, 6) is 0.975. The first-order chi connectivity index (χ1) is 6.19. The minimum absolute atomic E-state index is 0.598. The Kier molecular flexibility index (Phi) is 4.20. The van der Waals surface area contributed by atoms with E-state index in [1.54, 1.807) is 0 Å². The molecule has 0 aliphatic heterocycles. The summed E-state index contributed by atoms with van der Waals surface area (Å²) in [5, 5.41) is 0. The van der Waals surface area contributed by atoms with E-state index in [0.717, 1.165) is 12.5 Å². The van der Waals surface area contributed by atoms with Crippen LogP contribution >= 0.6 is 0 Å². The highest BCUT2D eigenvalue weighted by atomic mass is 15.2. The zero-order valence-corrected chi connectivity index (χ0v) is 9.29. The van der Waals surface area contributed by atoms with Crippen LogP contribution in [-0.4, -0.2) is 30.1 Å². The fourth-order valence-electron chi connectivity index (χ4n) is 1.92. The van der Waals surface area contributed by atoms with E-state index in [2.05, 4.69) is 25.7 Å². The summed E-state index contributed by atoms with van der Waals surface area (Å²) in [6.07, 6.45) is 4.05. The molecule has 0 bridgehead atoms. The minimum Gasteiger partial charge on any atom is -0.329 e. The van der Waals surface area contributed by atoms with Crippen LogP contribution < -0.4 is 5.73 Å². The molecule has 0 saturated heterocycles. The van der Waals surface area contributed by atoms with E-state index in [0.29, 0.717) is 12.1 Å². The van der Waals surface area contributed by atoms with Gasteiger partial charge in [-0.2, -0.15) is 0 Å². The molecular weight excluding hydrogens is 160 g/mol. The predicted octanol–water partition coefficient (Wildman–Crippen LogP) is 1.84. The van der Waals surface area contributed by atoms with Gasteiger partial charge in [-0.3, -0.25) is 4.90 Å². The van der Waals surface area contributed by atoms with Gasteiger partial charge in [0.25, 0.3) is 0 Å². The molecular formula is C11H24N2. The summed E-state index contributed by atoms with van der Waals surface area (Å²) in [6, 6.07) is 1.25. The molecule has 2 heteroatoms. The van der Waals surface area contributed by atoms with Gasteiger partial charge in [-0.15, -0.1) is 0 Å². The Morgan fingerprint density at radius 3 is 2.31 bits per heavy atom. The second kappa shape index (κ2) is 4.97. The maximum atomic E-state index is 5.78. The standard InChI is InChI=1S/C11H24N2/c1-4-11(7-12)13(9(2)3)8-10-5-6-10/h9-11H,4-8,12H2,1-3H3. The molecule has 1 aliphatic rings. The van der Waals surface area contributed by atoms with Crippen LogP contribution in [0.15, 0.2) is 0 Å². The van der Waals surface area contributed by atoms with Gasteiger partial charge in [0.05, 0.1) is 0 Å². The van der Waals surface area contributed by atoms with E-state index in [9.17, 15) is 0 Å². The van der Waals surface area contributed by atoms with Gasteiger partial charge in [0, 0.05) is 25.2 Å². The van der Waals surface area contributed by atoms with E-state index < -0.39 is 0 Å². The molecule has 78 valence electrons. The number of hydrogen-bond acceptors (Lipinski definition) is 2. The first-order valence-electron chi connectivity index (χ1n) is 5.64. The van der Waals surface area contributed by atoms with Gasteiger partial charge in [-0.05, 0) is 39.0 Å². The van der Waals surface area contributed by atoms with Gasteiger partial charge < -0.3 is 5.73 Å². The lowest BCUT2D eigenvalue weighted by Gasteiger charge is -2.33. The largest absolute Gasteiger partial charge is 0.329 e. The van der Waals surface area contributed by atoms with Crippen molar-refractivity contribution < 1.29 is 0 Å². The second-order valence-electron chi connectivity index (χ2n) is 4.53. The van der Waals surface area contributed by atoms with Crippen LogP contribution in [0.1, 0.15) is 40.0 Å². The zero-order chi connectivity index (χ0) is 9.84. The van der Waals surface area contributed by atoms with Crippen LogP contribution in [0.3, 0.4) is 0 Å². The SMILES string of the molecule is CCC(CN)N(CC1CC1)C(C)C. The summed E-state index contributed by atoms with van der Waals surface area (Å²) < 4.78 is 0. The average Bonchev–Trinajstić information content (AvgIpc) is 2.88. The fourth-order valence-corrected chi connectivity index (χ4v) is 1.92. The van der Waals surface area contributed by atoms with Gasteiger partial charge >= 0.3 is 0 Å². The van der Waals surface area contributed by atoms with Crippen molar-refractivity contribution in [2.24, 2.45) is 11.7 Å². The van der Waals surface area contributed by atoms with Gasteiger partial charge in [-0.1, -0.05) is 6.92 Å². The van der Waals surface area contributed by atoms with E-state index in [1.165, 1.54) is 25.8 Å². The second-order valence-corrected chi connectivity index (χ2v) is 4.53. The zero-order valence-electron chi connectivity index (χ0n) is 9.29. The molecule has 1 rings (SSSR count). The van der Waals surface area contributed by atoms with Crippen molar-refractivity contribution in [2.75, 3.05) is 13.1 Å². The molecule has 1 fully saturated rings. The maximum Gasteiger partial charge on any atom is 0.0218 e. The monoisotopic (exact) mass is 184 g/mol. The molecule has 0 aromatic carbocycles. The van der Waals surface area contributed by atoms with Crippen molar-refractivity contribution in [2.45, 2.75) is 52.1 Å². The number of hydrogen-bond donors (Lipinski definition) is 1. The Morgan fingerprint density at radius 1 is 1.38 bits per heavy atom. The highest BCUT2D eigenvalue weighted by molar-refractivity contribution is 4.82. The lowest BCUT2D eigenvalue weighted by molar-refractivity contribution is 0.145. The smallest absolute Gasteiger partial charge is 0.0218 e. The molecule has 1 aliphatic carbocycles. The van der Waals surface area contributed by atoms with Gasteiger partial charge in [0.1, 0.15) is 0 Å². The Bertz CT molecular complexity index is 137. The van der Waals surface area contributed by atoms with Gasteiger partial charge in [-0.25, -0.2) is 0 Å². The van der Waals surface area contributed by atoms with Crippen molar-refractivity contribution in [3.8, 4) is 0 Å². The van der Waals surface area contributed by atoms with Crippen molar-refractivity contribution >= 4 is 0 Å². The lowest BCUT2D eigenvalue weighted by Crippen LogP contribution is -2.45. The highest BCUT2D eigenvalue weighted by Gasteiger charge is 2.28. The molecule has 0 amide bonds.